The topological polar surface area (TPSA) is 57.5 Å². The first-order chi connectivity index (χ1) is 6.93. The molecule has 0 bridgehead atoms. The molecular formula is C11H12CoO3. The number of hydrogen-bond donors (Lipinski definition) is 2. The molecule has 0 spiro atoms. The van der Waals surface area contributed by atoms with Gasteiger partial charge in [-0.05, 0) is 0 Å². The molecule has 0 saturated carbocycles. The van der Waals surface area contributed by atoms with Crippen molar-refractivity contribution in [2.45, 2.75) is 6.92 Å². The van der Waals surface area contributed by atoms with Gasteiger partial charge in [-0.2, -0.15) is 0 Å². The van der Waals surface area contributed by atoms with Crippen molar-refractivity contribution in [3.8, 4) is 11.5 Å². The van der Waals surface area contributed by atoms with Crippen LogP contribution in [0.15, 0.2) is 35.9 Å². The monoisotopic (exact) mass is 251 g/mol. The molecule has 0 aromatic heterocycles. The van der Waals surface area contributed by atoms with Crippen LogP contribution in [0.4, 0.5) is 0 Å². The van der Waals surface area contributed by atoms with Gasteiger partial charge in [0.25, 0.3) is 0 Å². The average Bonchev–Trinajstić information content (AvgIpc) is 2.15. The Kier molecular flexibility index (Phi) is 3.44. The van der Waals surface area contributed by atoms with Gasteiger partial charge in [-0.15, -0.1) is 0 Å². The fourth-order valence-corrected chi connectivity index (χ4v) is 2.00. The van der Waals surface area contributed by atoms with Crippen LogP contribution in [0.25, 0.3) is 4.51 Å². The molecule has 83 valence electrons. The molecule has 0 aliphatic carbocycles. The summed E-state index contributed by atoms with van der Waals surface area (Å²) in [6.45, 7) is 8.86. The molecule has 0 heterocycles. The summed E-state index contributed by atoms with van der Waals surface area (Å²) in [5, 5.41) is 18.6. The molecule has 0 fully saturated rings. The van der Waals surface area contributed by atoms with Crippen molar-refractivity contribution in [3.05, 3.63) is 41.4 Å². The number of hydrogen-bond acceptors (Lipinski definition) is 3. The van der Waals surface area contributed by atoms with E-state index in [-0.39, 0.29) is 11.5 Å². The van der Waals surface area contributed by atoms with Crippen LogP contribution in [-0.4, -0.2) is 10.2 Å². The second-order valence-electron chi connectivity index (χ2n) is 2.94. The molecule has 1 aromatic carbocycles. The molecule has 0 atom stereocenters. The van der Waals surface area contributed by atoms with E-state index in [0.29, 0.717) is 14.6 Å². The number of rotatable bonds is 3. The van der Waals surface area contributed by atoms with Crippen molar-refractivity contribution in [2.75, 3.05) is 0 Å². The van der Waals surface area contributed by atoms with Crippen LogP contribution in [0.3, 0.4) is 0 Å². The van der Waals surface area contributed by atoms with Gasteiger partial charge in [-0.3, -0.25) is 0 Å². The number of allylic oxidation sites excluding steroid dienone is 1. The molecule has 0 aliphatic heterocycles. The third-order valence-electron chi connectivity index (χ3n) is 1.70. The van der Waals surface area contributed by atoms with Crippen molar-refractivity contribution in [2.24, 2.45) is 0 Å². The first-order valence-corrected chi connectivity index (χ1v) is 5.58. The summed E-state index contributed by atoms with van der Waals surface area (Å²) >= 11 is -1.76. The number of phenols is 2. The Hall–Kier alpha value is -1.39. The van der Waals surface area contributed by atoms with E-state index in [1.165, 1.54) is 18.2 Å². The molecule has 15 heavy (non-hydrogen) atoms. The molecule has 0 unspecified atom stereocenters. The third kappa shape index (κ3) is 2.54. The van der Waals surface area contributed by atoms with Gasteiger partial charge in [0.15, 0.2) is 0 Å². The van der Waals surface area contributed by atoms with Crippen molar-refractivity contribution in [1.82, 2.24) is 0 Å². The first-order valence-electron chi connectivity index (χ1n) is 4.11. The Bertz CT molecular complexity index is 449. The van der Waals surface area contributed by atoms with Crippen molar-refractivity contribution in [1.29, 1.82) is 0 Å². The van der Waals surface area contributed by atoms with Gasteiger partial charge in [0, 0.05) is 0 Å². The second-order valence-corrected chi connectivity index (χ2v) is 5.14. The van der Waals surface area contributed by atoms with Crippen LogP contribution < -0.4 is 0 Å². The summed E-state index contributed by atoms with van der Waals surface area (Å²) in [6, 6.07) is 4.06. The maximum atomic E-state index is 11.7. The third-order valence-corrected chi connectivity index (χ3v) is 3.36. The number of aromatic hydroxyl groups is 2. The first kappa shape index (κ1) is 11.7. The van der Waals surface area contributed by atoms with E-state index in [1.807, 2.05) is 0 Å². The van der Waals surface area contributed by atoms with Crippen molar-refractivity contribution < 1.29 is 27.7 Å². The van der Waals surface area contributed by atoms with Crippen LogP contribution in [-0.2, 0) is 17.5 Å². The standard InChI is InChI=1S/C8H7O2.C3H5.Co.O/c1-2-6-3-4-7(9)5-8(6)10;1-3-2;;/h3-5,9-10H,1H2;1H2,2H3;;. The average molecular weight is 251 g/mol. The van der Waals surface area contributed by atoms with Gasteiger partial charge >= 0.3 is 92.0 Å². The van der Waals surface area contributed by atoms with Gasteiger partial charge in [0.05, 0.1) is 0 Å². The summed E-state index contributed by atoms with van der Waals surface area (Å²) in [4.78, 5) is 0. The van der Waals surface area contributed by atoms with E-state index in [1.54, 1.807) is 6.92 Å². The van der Waals surface area contributed by atoms with Crippen molar-refractivity contribution in [3.63, 3.8) is 0 Å². The van der Waals surface area contributed by atoms with E-state index >= 15 is 0 Å². The van der Waals surface area contributed by atoms with E-state index < -0.39 is 13.6 Å². The molecule has 0 aliphatic rings. The summed E-state index contributed by atoms with van der Waals surface area (Å²) in [7, 11) is 0. The fourth-order valence-electron chi connectivity index (χ4n) is 0.993. The van der Waals surface area contributed by atoms with Gasteiger partial charge < -0.3 is 0 Å². The maximum absolute atomic E-state index is 11.7. The molecule has 0 amide bonds. The van der Waals surface area contributed by atoms with E-state index in [2.05, 4.69) is 13.2 Å². The van der Waals surface area contributed by atoms with Gasteiger partial charge in [0.1, 0.15) is 0 Å². The van der Waals surface area contributed by atoms with Gasteiger partial charge in [-0.25, -0.2) is 0 Å². The Balaban J connectivity index is 3.12. The van der Waals surface area contributed by atoms with Crippen LogP contribution in [0.2, 0.25) is 0 Å². The quantitative estimate of drug-likeness (QED) is 0.867. The van der Waals surface area contributed by atoms with Gasteiger partial charge in [0.2, 0.25) is 0 Å². The van der Waals surface area contributed by atoms with Crippen LogP contribution in [0.1, 0.15) is 12.5 Å². The molecule has 1 rings (SSSR count). The molecular weight excluding hydrogens is 239 g/mol. The molecule has 2 N–H and O–H groups in total. The normalized spacial score (nSPS) is 10.9. The zero-order valence-corrected chi connectivity index (χ0v) is 9.32. The SMILES string of the molecule is C=[C](C)[Co](=[O])[C](=C)c1ccc(O)cc1O. The van der Waals surface area contributed by atoms with E-state index in [9.17, 15) is 8.97 Å². The molecule has 3 nitrogen and oxygen atoms in total. The summed E-state index contributed by atoms with van der Waals surface area (Å²) in [5.41, 5.74) is 0.371. The Morgan fingerprint density at radius 3 is 2.40 bits per heavy atom. The van der Waals surface area contributed by atoms with E-state index in [0.717, 1.165) is 0 Å². The Morgan fingerprint density at radius 1 is 1.33 bits per heavy atom. The minimum atomic E-state index is -1.76. The number of phenolic OH excluding ortho intramolecular Hbond substituents is 2. The zero-order chi connectivity index (χ0) is 11.6. The summed E-state index contributed by atoms with van der Waals surface area (Å²) in [6.07, 6.45) is 0. The molecule has 0 radical (unpaired) electrons. The Morgan fingerprint density at radius 2 is 1.93 bits per heavy atom. The predicted octanol–water partition coefficient (Wildman–Crippen LogP) is 2.57. The predicted molar refractivity (Wildman–Crippen MR) is 54.3 cm³/mol. The zero-order valence-electron chi connectivity index (χ0n) is 8.28. The summed E-state index contributed by atoms with van der Waals surface area (Å²) < 4.78 is 12.5. The van der Waals surface area contributed by atoms with Crippen LogP contribution in [0.5, 0.6) is 11.5 Å². The minimum absolute atomic E-state index is 0.0469. The molecule has 4 heteroatoms. The number of benzene rings is 1. The molecule has 0 saturated heterocycles. The molecule has 1 aromatic rings. The second kappa shape index (κ2) is 4.42. The van der Waals surface area contributed by atoms with E-state index in [4.69, 9.17) is 5.11 Å². The van der Waals surface area contributed by atoms with Gasteiger partial charge in [-0.1, -0.05) is 0 Å². The van der Waals surface area contributed by atoms with Crippen molar-refractivity contribution >= 4 is 4.51 Å². The van der Waals surface area contributed by atoms with Crippen LogP contribution in [0, 0.1) is 0 Å². The van der Waals surface area contributed by atoms with Crippen LogP contribution >= 0.6 is 0 Å². The fraction of sp³-hybridized carbons (Fsp3) is 0.0909. The summed E-state index contributed by atoms with van der Waals surface area (Å²) in [5.74, 6) is -0.182. The Labute approximate surface area is 92.3 Å².